The summed E-state index contributed by atoms with van der Waals surface area (Å²) in [6, 6.07) is 0.581. The molecule has 0 saturated carbocycles. The molecule has 2 fully saturated rings. The summed E-state index contributed by atoms with van der Waals surface area (Å²) in [7, 11) is 1.38. The van der Waals surface area contributed by atoms with Gasteiger partial charge in [-0.05, 0) is 26.3 Å². The van der Waals surface area contributed by atoms with Gasteiger partial charge in [-0.2, -0.15) is 0 Å². The lowest BCUT2D eigenvalue weighted by molar-refractivity contribution is -0.0502. The number of esters is 1. The van der Waals surface area contributed by atoms with Gasteiger partial charge in [-0.1, -0.05) is 0 Å². The van der Waals surface area contributed by atoms with Crippen molar-refractivity contribution in [1.29, 1.82) is 0 Å². The minimum Gasteiger partial charge on any atom is -0.464 e. The number of fused-ring (bicyclic) bond motifs is 1. The predicted octanol–water partition coefficient (Wildman–Crippen LogP) is 1.77. The Bertz CT molecular complexity index is 488. The van der Waals surface area contributed by atoms with Crippen molar-refractivity contribution in [3.05, 3.63) is 15.6 Å². The van der Waals surface area contributed by atoms with Crippen LogP contribution in [0.1, 0.15) is 39.3 Å². The SMILES string of the molecule is COC(=O)c1nc(C2CN3CCCC3CO2)sc1C. The first-order valence-corrected chi connectivity index (χ1v) is 7.42. The molecular formula is C13H18N2O3S. The molecule has 2 saturated heterocycles. The zero-order valence-corrected chi connectivity index (χ0v) is 12.0. The van der Waals surface area contributed by atoms with Gasteiger partial charge >= 0.3 is 5.97 Å². The van der Waals surface area contributed by atoms with E-state index in [2.05, 4.69) is 9.88 Å². The van der Waals surface area contributed by atoms with Crippen LogP contribution in [0, 0.1) is 6.92 Å². The van der Waals surface area contributed by atoms with Gasteiger partial charge in [0.05, 0.1) is 13.7 Å². The van der Waals surface area contributed by atoms with Gasteiger partial charge in [-0.25, -0.2) is 9.78 Å². The normalized spacial score (nSPS) is 27.3. The zero-order chi connectivity index (χ0) is 13.4. The summed E-state index contributed by atoms with van der Waals surface area (Å²) in [5.41, 5.74) is 0.426. The molecule has 19 heavy (non-hydrogen) atoms. The van der Waals surface area contributed by atoms with Crippen molar-refractivity contribution < 1.29 is 14.3 Å². The molecule has 6 heteroatoms. The zero-order valence-electron chi connectivity index (χ0n) is 11.2. The minimum atomic E-state index is -0.366. The largest absolute Gasteiger partial charge is 0.464 e. The smallest absolute Gasteiger partial charge is 0.357 e. The number of aromatic nitrogens is 1. The summed E-state index contributed by atoms with van der Waals surface area (Å²) in [4.78, 5) is 19.4. The summed E-state index contributed by atoms with van der Waals surface area (Å²) in [5.74, 6) is -0.366. The van der Waals surface area contributed by atoms with Crippen molar-refractivity contribution in [2.24, 2.45) is 0 Å². The molecule has 0 amide bonds. The van der Waals surface area contributed by atoms with E-state index in [1.54, 1.807) is 0 Å². The number of aryl methyl sites for hydroxylation is 1. The molecule has 3 rings (SSSR count). The van der Waals surface area contributed by atoms with Crippen LogP contribution in [0.15, 0.2) is 0 Å². The molecule has 2 aliphatic heterocycles. The first kappa shape index (κ1) is 13.0. The highest BCUT2D eigenvalue weighted by Crippen LogP contribution is 2.33. The van der Waals surface area contributed by atoms with Crippen LogP contribution in [-0.2, 0) is 9.47 Å². The quantitative estimate of drug-likeness (QED) is 0.774. The number of morpholine rings is 1. The molecule has 0 N–H and O–H groups in total. The summed E-state index contributed by atoms with van der Waals surface area (Å²) in [5, 5.41) is 0.892. The van der Waals surface area contributed by atoms with E-state index in [-0.39, 0.29) is 12.1 Å². The molecule has 0 spiro atoms. The van der Waals surface area contributed by atoms with Gasteiger partial charge in [0, 0.05) is 17.5 Å². The van der Waals surface area contributed by atoms with E-state index in [1.165, 1.54) is 31.3 Å². The Morgan fingerprint density at radius 3 is 3.21 bits per heavy atom. The Morgan fingerprint density at radius 2 is 2.42 bits per heavy atom. The number of ether oxygens (including phenoxy) is 2. The van der Waals surface area contributed by atoms with Crippen molar-refractivity contribution in [2.75, 3.05) is 26.8 Å². The number of thiazole rings is 1. The number of carbonyl (C=O) groups is 1. The third-order valence-corrected chi connectivity index (χ3v) is 4.92. The van der Waals surface area contributed by atoms with E-state index in [0.29, 0.717) is 11.7 Å². The Labute approximate surface area is 116 Å². The van der Waals surface area contributed by atoms with E-state index in [0.717, 1.165) is 29.6 Å². The Hall–Kier alpha value is -0.980. The molecule has 0 bridgehead atoms. The summed E-state index contributed by atoms with van der Waals surface area (Å²) < 4.78 is 10.7. The van der Waals surface area contributed by atoms with Gasteiger partial charge in [-0.15, -0.1) is 11.3 Å². The highest BCUT2D eigenvalue weighted by atomic mass is 32.1. The highest BCUT2D eigenvalue weighted by molar-refractivity contribution is 7.11. The fourth-order valence-corrected chi connectivity index (χ4v) is 3.76. The maximum absolute atomic E-state index is 11.6. The second kappa shape index (κ2) is 5.19. The lowest BCUT2D eigenvalue weighted by atomic mass is 10.2. The molecule has 2 unspecified atom stereocenters. The van der Waals surface area contributed by atoms with Crippen LogP contribution < -0.4 is 0 Å². The van der Waals surface area contributed by atoms with Gasteiger partial charge in [0.25, 0.3) is 0 Å². The Balaban J connectivity index is 1.77. The van der Waals surface area contributed by atoms with Crippen molar-refractivity contribution in [1.82, 2.24) is 9.88 Å². The number of nitrogens with zero attached hydrogens (tertiary/aromatic N) is 2. The van der Waals surface area contributed by atoms with Crippen LogP contribution in [0.5, 0.6) is 0 Å². The number of carbonyl (C=O) groups excluding carboxylic acids is 1. The maximum Gasteiger partial charge on any atom is 0.357 e. The second-order valence-corrected chi connectivity index (χ2v) is 6.30. The molecule has 0 radical (unpaired) electrons. The average Bonchev–Trinajstić information content (AvgIpc) is 3.03. The molecule has 0 aliphatic carbocycles. The van der Waals surface area contributed by atoms with Crippen molar-refractivity contribution in [2.45, 2.75) is 31.9 Å². The molecule has 0 aromatic carbocycles. The molecule has 2 atom stereocenters. The summed E-state index contributed by atoms with van der Waals surface area (Å²) >= 11 is 1.54. The van der Waals surface area contributed by atoms with Gasteiger partial charge in [0.15, 0.2) is 5.69 Å². The predicted molar refractivity (Wildman–Crippen MR) is 71.5 cm³/mol. The van der Waals surface area contributed by atoms with Crippen LogP contribution in [0.2, 0.25) is 0 Å². The van der Waals surface area contributed by atoms with Crippen molar-refractivity contribution in [3.63, 3.8) is 0 Å². The first-order valence-electron chi connectivity index (χ1n) is 6.60. The van der Waals surface area contributed by atoms with E-state index in [4.69, 9.17) is 9.47 Å². The highest BCUT2D eigenvalue weighted by Gasteiger charge is 2.34. The molecular weight excluding hydrogens is 264 g/mol. The third-order valence-electron chi connectivity index (χ3n) is 3.86. The number of rotatable bonds is 2. The van der Waals surface area contributed by atoms with E-state index in [9.17, 15) is 4.79 Å². The van der Waals surface area contributed by atoms with Crippen LogP contribution in [0.3, 0.4) is 0 Å². The maximum atomic E-state index is 11.6. The molecule has 104 valence electrons. The van der Waals surface area contributed by atoms with E-state index >= 15 is 0 Å². The number of methoxy groups -OCH3 is 1. The number of hydrogen-bond donors (Lipinski definition) is 0. The second-order valence-electron chi connectivity index (χ2n) is 5.06. The molecule has 1 aromatic rings. The number of hydrogen-bond acceptors (Lipinski definition) is 6. The van der Waals surface area contributed by atoms with E-state index in [1.807, 2.05) is 6.92 Å². The van der Waals surface area contributed by atoms with Crippen molar-refractivity contribution in [3.8, 4) is 0 Å². The standard InChI is InChI=1S/C13H18N2O3S/c1-8-11(13(16)17-2)14-12(19-8)10-6-15-5-3-4-9(15)7-18-10/h9-10H,3-7H2,1-2H3. The van der Waals surface area contributed by atoms with Crippen molar-refractivity contribution >= 4 is 17.3 Å². The summed E-state index contributed by atoms with van der Waals surface area (Å²) in [6.45, 7) is 4.71. The van der Waals surface area contributed by atoms with Crippen LogP contribution >= 0.6 is 11.3 Å². The van der Waals surface area contributed by atoms with Crippen LogP contribution in [-0.4, -0.2) is 48.7 Å². The Kier molecular flexibility index (Phi) is 3.56. The van der Waals surface area contributed by atoms with Gasteiger partial charge in [0.1, 0.15) is 11.1 Å². The first-order chi connectivity index (χ1) is 9.19. The van der Waals surface area contributed by atoms with E-state index < -0.39 is 0 Å². The van der Waals surface area contributed by atoms with Gasteiger partial charge in [-0.3, -0.25) is 4.90 Å². The van der Waals surface area contributed by atoms with Gasteiger partial charge in [0.2, 0.25) is 0 Å². The average molecular weight is 282 g/mol. The lowest BCUT2D eigenvalue weighted by Crippen LogP contribution is -2.42. The molecule has 1 aromatic heterocycles. The lowest BCUT2D eigenvalue weighted by Gasteiger charge is -2.34. The monoisotopic (exact) mass is 282 g/mol. The molecule has 5 nitrogen and oxygen atoms in total. The topological polar surface area (TPSA) is 51.7 Å². The van der Waals surface area contributed by atoms with Crippen LogP contribution in [0.25, 0.3) is 0 Å². The van der Waals surface area contributed by atoms with Crippen LogP contribution in [0.4, 0.5) is 0 Å². The third kappa shape index (κ3) is 2.40. The fourth-order valence-electron chi connectivity index (χ4n) is 2.81. The minimum absolute atomic E-state index is 0.00328. The summed E-state index contributed by atoms with van der Waals surface area (Å²) in [6.07, 6.45) is 2.48. The fraction of sp³-hybridized carbons (Fsp3) is 0.692. The Morgan fingerprint density at radius 1 is 1.58 bits per heavy atom. The molecule has 3 heterocycles. The molecule has 2 aliphatic rings. The van der Waals surface area contributed by atoms with Gasteiger partial charge < -0.3 is 9.47 Å².